The van der Waals surface area contributed by atoms with E-state index in [1.165, 1.54) is 0 Å². The highest BCUT2D eigenvalue weighted by molar-refractivity contribution is 5.74. The molecule has 0 aromatic carbocycles. The Bertz CT molecular complexity index is 628. The molecular formula is C20H26N4O2. The smallest absolute Gasteiger partial charge is 0.151 e. The SMILES string of the molecule is CCN(CC)CCN(Cc1ccc(C=O)cn1)Cc1ccc(C=O)cn1. The molecule has 0 radical (unpaired) electrons. The van der Waals surface area contributed by atoms with Crippen LogP contribution in [0.4, 0.5) is 0 Å². The van der Waals surface area contributed by atoms with Crippen molar-refractivity contribution in [2.45, 2.75) is 26.9 Å². The monoisotopic (exact) mass is 354 g/mol. The molecule has 0 aliphatic heterocycles. The van der Waals surface area contributed by atoms with E-state index < -0.39 is 0 Å². The minimum absolute atomic E-state index is 0.578. The van der Waals surface area contributed by atoms with Crippen LogP contribution >= 0.6 is 0 Å². The summed E-state index contributed by atoms with van der Waals surface area (Å²) in [5, 5.41) is 0. The van der Waals surface area contributed by atoms with Crippen molar-refractivity contribution in [2.24, 2.45) is 0 Å². The lowest BCUT2D eigenvalue weighted by Gasteiger charge is -2.26. The molecule has 0 N–H and O–H groups in total. The highest BCUT2D eigenvalue weighted by atomic mass is 16.1. The predicted molar refractivity (Wildman–Crippen MR) is 101 cm³/mol. The largest absolute Gasteiger partial charge is 0.303 e. The molecule has 2 aromatic rings. The molecule has 0 unspecified atom stereocenters. The highest BCUT2D eigenvalue weighted by Gasteiger charge is 2.11. The fourth-order valence-electron chi connectivity index (χ4n) is 2.69. The molecule has 0 saturated carbocycles. The first kappa shape index (κ1) is 19.9. The van der Waals surface area contributed by atoms with Gasteiger partial charge in [0.05, 0.1) is 11.4 Å². The van der Waals surface area contributed by atoms with Crippen LogP contribution in [0.2, 0.25) is 0 Å². The van der Waals surface area contributed by atoms with Gasteiger partial charge in [-0.2, -0.15) is 0 Å². The Morgan fingerprint density at radius 1 is 0.769 bits per heavy atom. The summed E-state index contributed by atoms with van der Waals surface area (Å²) in [6, 6.07) is 7.35. The zero-order valence-electron chi connectivity index (χ0n) is 15.5. The molecule has 6 heteroatoms. The van der Waals surface area contributed by atoms with Crippen molar-refractivity contribution in [1.82, 2.24) is 19.8 Å². The molecule has 0 saturated heterocycles. The van der Waals surface area contributed by atoms with E-state index in [9.17, 15) is 9.59 Å². The van der Waals surface area contributed by atoms with E-state index in [4.69, 9.17) is 0 Å². The van der Waals surface area contributed by atoms with E-state index in [-0.39, 0.29) is 0 Å². The summed E-state index contributed by atoms with van der Waals surface area (Å²) in [6.07, 6.45) is 4.80. The van der Waals surface area contributed by atoms with Crippen LogP contribution in [0.5, 0.6) is 0 Å². The molecule has 0 fully saturated rings. The molecule has 0 aliphatic rings. The van der Waals surface area contributed by atoms with Gasteiger partial charge >= 0.3 is 0 Å². The van der Waals surface area contributed by atoms with Crippen molar-refractivity contribution in [3.8, 4) is 0 Å². The van der Waals surface area contributed by atoms with Gasteiger partial charge in [0.1, 0.15) is 0 Å². The molecular weight excluding hydrogens is 328 g/mol. The number of aromatic nitrogens is 2. The van der Waals surface area contributed by atoms with Gasteiger partial charge in [0.15, 0.2) is 12.6 Å². The summed E-state index contributed by atoms with van der Waals surface area (Å²) in [6.45, 7) is 9.56. The number of pyridine rings is 2. The summed E-state index contributed by atoms with van der Waals surface area (Å²) in [5.74, 6) is 0. The summed E-state index contributed by atoms with van der Waals surface area (Å²) >= 11 is 0. The lowest BCUT2D eigenvalue weighted by Crippen LogP contribution is -2.35. The summed E-state index contributed by atoms with van der Waals surface area (Å²) in [5.41, 5.74) is 2.99. The number of hydrogen-bond acceptors (Lipinski definition) is 6. The summed E-state index contributed by atoms with van der Waals surface area (Å²) in [7, 11) is 0. The number of aldehydes is 2. The Morgan fingerprint density at radius 2 is 1.23 bits per heavy atom. The molecule has 2 rings (SSSR count). The molecule has 0 spiro atoms. The standard InChI is InChI=1S/C20H26N4O2/c1-3-23(4-2)9-10-24(13-19-7-5-17(15-25)11-21-19)14-20-8-6-18(16-26)12-22-20/h5-8,11-12,15-16H,3-4,9-10,13-14H2,1-2H3. The first-order valence-corrected chi connectivity index (χ1v) is 8.93. The number of carbonyl (C=O) groups excluding carboxylic acids is 2. The lowest BCUT2D eigenvalue weighted by atomic mass is 10.2. The van der Waals surface area contributed by atoms with Crippen LogP contribution in [0.1, 0.15) is 46.0 Å². The maximum absolute atomic E-state index is 10.8. The van der Waals surface area contributed by atoms with Crippen LogP contribution in [0.3, 0.4) is 0 Å². The molecule has 0 aliphatic carbocycles. The molecule has 26 heavy (non-hydrogen) atoms. The van der Waals surface area contributed by atoms with Crippen molar-refractivity contribution in [3.05, 3.63) is 59.2 Å². The van der Waals surface area contributed by atoms with Crippen LogP contribution < -0.4 is 0 Å². The summed E-state index contributed by atoms with van der Waals surface area (Å²) in [4.78, 5) is 35.0. The zero-order chi connectivity index (χ0) is 18.8. The van der Waals surface area contributed by atoms with E-state index >= 15 is 0 Å². The van der Waals surface area contributed by atoms with Crippen molar-refractivity contribution in [3.63, 3.8) is 0 Å². The molecule has 2 heterocycles. The third kappa shape index (κ3) is 6.13. The summed E-state index contributed by atoms with van der Waals surface area (Å²) < 4.78 is 0. The molecule has 0 amide bonds. The van der Waals surface area contributed by atoms with Crippen LogP contribution in [-0.2, 0) is 13.1 Å². The van der Waals surface area contributed by atoms with E-state index in [0.717, 1.165) is 50.1 Å². The minimum atomic E-state index is 0.578. The van der Waals surface area contributed by atoms with Gasteiger partial charge in [-0.3, -0.25) is 24.5 Å². The molecule has 6 nitrogen and oxygen atoms in total. The van der Waals surface area contributed by atoms with Gasteiger partial charge in [-0.15, -0.1) is 0 Å². The van der Waals surface area contributed by atoms with Crippen LogP contribution in [0, 0.1) is 0 Å². The predicted octanol–water partition coefficient (Wildman–Crippen LogP) is 2.45. The van der Waals surface area contributed by atoms with Gasteiger partial charge in [0.2, 0.25) is 0 Å². The normalized spacial score (nSPS) is 11.1. The number of likely N-dealkylation sites (N-methyl/N-ethyl adjacent to an activating group) is 1. The Labute approximate surface area is 154 Å². The van der Waals surface area contributed by atoms with E-state index in [1.807, 2.05) is 12.1 Å². The van der Waals surface area contributed by atoms with Crippen molar-refractivity contribution in [1.29, 1.82) is 0 Å². The molecule has 2 aromatic heterocycles. The Morgan fingerprint density at radius 3 is 1.58 bits per heavy atom. The van der Waals surface area contributed by atoms with Crippen LogP contribution in [0.25, 0.3) is 0 Å². The van der Waals surface area contributed by atoms with E-state index in [0.29, 0.717) is 24.2 Å². The van der Waals surface area contributed by atoms with Crippen LogP contribution in [-0.4, -0.2) is 58.5 Å². The second kappa shape index (κ2) is 10.5. The van der Waals surface area contributed by atoms with Gasteiger partial charge in [0.25, 0.3) is 0 Å². The number of nitrogens with zero attached hydrogens (tertiary/aromatic N) is 4. The first-order chi connectivity index (χ1) is 12.7. The topological polar surface area (TPSA) is 66.4 Å². The van der Waals surface area contributed by atoms with Crippen molar-refractivity contribution >= 4 is 12.6 Å². The number of rotatable bonds is 11. The third-order valence-corrected chi connectivity index (χ3v) is 4.37. The highest BCUT2D eigenvalue weighted by Crippen LogP contribution is 2.09. The second-order valence-electron chi connectivity index (χ2n) is 6.14. The molecule has 138 valence electrons. The van der Waals surface area contributed by atoms with Gasteiger partial charge in [-0.1, -0.05) is 13.8 Å². The Hall–Kier alpha value is -2.44. The van der Waals surface area contributed by atoms with Gasteiger partial charge in [-0.25, -0.2) is 0 Å². The third-order valence-electron chi connectivity index (χ3n) is 4.37. The Kier molecular flexibility index (Phi) is 8.05. The van der Waals surface area contributed by atoms with Gasteiger partial charge < -0.3 is 4.90 Å². The number of hydrogen-bond donors (Lipinski definition) is 0. The molecule has 0 bridgehead atoms. The fraction of sp³-hybridized carbons (Fsp3) is 0.400. The zero-order valence-corrected chi connectivity index (χ0v) is 15.5. The number of carbonyl (C=O) groups is 2. The van der Waals surface area contributed by atoms with Crippen molar-refractivity contribution < 1.29 is 9.59 Å². The average molecular weight is 354 g/mol. The van der Waals surface area contributed by atoms with E-state index in [2.05, 4.69) is 33.6 Å². The maximum atomic E-state index is 10.8. The second-order valence-corrected chi connectivity index (χ2v) is 6.14. The minimum Gasteiger partial charge on any atom is -0.303 e. The first-order valence-electron chi connectivity index (χ1n) is 8.93. The molecule has 0 atom stereocenters. The van der Waals surface area contributed by atoms with E-state index in [1.54, 1.807) is 24.5 Å². The van der Waals surface area contributed by atoms with Crippen LogP contribution in [0.15, 0.2) is 36.7 Å². The van der Waals surface area contributed by atoms with Gasteiger partial charge in [-0.05, 0) is 37.4 Å². The maximum Gasteiger partial charge on any atom is 0.151 e. The lowest BCUT2D eigenvalue weighted by molar-refractivity contribution is 0.111. The average Bonchev–Trinajstić information content (AvgIpc) is 2.69. The Balaban J connectivity index is 2.07. The van der Waals surface area contributed by atoms with Crippen molar-refractivity contribution in [2.75, 3.05) is 26.2 Å². The quantitative estimate of drug-likeness (QED) is 0.578. The fourth-order valence-corrected chi connectivity index (χ4v) is 2.69. The van der Waals surface area contributed by atoms with Gasteiger partial charge in [0, 0.05) is 49.7 Å².